The molecule has 0 saturated carbocycles. The van der Waals surface area contributed by atoms with Crippen LogP contribution >= 0.6 is 15.9 Å². The lowest BCUT2D eigenvalue weighted by Gasteiger charge is -2.25. The topological polar surface area (TPSA) is 70.3 Å². The van der Waals surface area contributed by atoms with Gasteiger partial charge in [-0.15, -0.1) is 11.3 Å². The van der Waals surface area contributed by atoms with E-state index in [0.717, 1.165) is 5.56 Å². The Kier molecular flexibility index (Phi) is 6.51. The third kappa shape index (κ3) is 4.86. The Hall–Kier alpha value is -1.28. The summed E-state index contributed by atoms with van der Waals surface area (Å²) in [7, 11) is 0. The Morgan fingerprint density at radius 1 is 1.42 bits per heavy atom. The van der Waals surface area contributed by atoms with Crippen molar-refractivity contribution in [2.75, 3.05) is 0 Å². The molecule has 0 saturated heterocycles. The third-order valence-electron chi connectivity index (χ3n) is 3.16. The minimum atomic E-state index is -1.27. The molecule has 0 aliphatic carbocycles. The minimum Gasteiger partial charge on any atom is -0.598 e. The summed E-state index contributed by atoms with van der Waals surface area (Å²) in [4.78, 5) is 0. The van der Waals surface area contributed by atoms with Gasteiger partial charge in [0.15, 0.2) is 5.76 Å². The molecular weight excluding hydrogens is 392 g/mol. The Morgan fingerprint density at radius 3 is 2.67 bits per heavy atom. The highest BCUT2D eigenvalue weighted by Gasteiger charge is 2.32. The summed E-state index contributed by atoms with van der Waals surface area (Å²) in [6, 6.07) is 9.33. The highest BCUT2D eigenvalue weighted by molar-refractivity contribution is 9.10. The molecule has 0 fully saturated rings. The quantitative estimate of drug-likeness (QED) is 0.542. The molecule has 0 unspecified atom stereocenters. The van der Waals surface area contributed by atoms with Crippen LogP contribution in [0.5, 0.6) is 5.88 Å². The fraction of sp³-hybridized carbons (Fsp3) is 0.353. The molecule has 0 bridgehead atoms. The first-order valence-electron chi connectivity index (χ1n) is 7.45. The van der Waals surface area contributed by atoms with Gasteiger partial charge in [-0.2, -0.15) is 0 Å². The smallest absolute Gasteiger partial charge is 0.269 e. The summed E-state index contributed by atoms with van der Waals surface area (Å²) >= 11 is 2.17. The molecule has 24 heavy (non-hydrogen) atoms. The second-order valence-corrected chi connectivity index (χ2v) is 8.94. The van der Waals surface area contributed by atoms with E-state index < -0.39 is 22.2 Å². The molecule has 2 rings (SSSR count). The van der Waals surface area contributed by atoms with Gasteiger partial charge in [-0.25, -0.2) is 0 Å². The summed E-state index contributed by atoms with van der Waals surface area (Å²) in [5, 5.41) is 3.94. The van der Waals surface area contributed by atoms with Crippen molar-refractivity contribution in [1.29, 1.82) is 0 Å². The van der Waals surface area contributed by atoms with Gasteiger partial charge in [-0.3, -0.25) is 0 Å². The van der Waals surface area contributed by atoms with Crippen molar-refractivity contribution in [3.05, 3.63) is 58.8 Å². The van der Waals surface area contributed by atoms with Crippen LogP contribution in [0.3, 0.4) is 0 Å². The van der Waals surface area contributed by atoms with Gasteiger partial charge in [-0.1, -0.05) is 36.4 Å². The standard InChI is InChI=1S/C17H21BrN2O3S/c1-5-13(20-24(21)17(2,3)4)15-14(18)16(19-23-15)22-11-12-9-7-6-8-10-12/h5-10,13,20H,1,11H2,2-4H3/t13-,24-/m0/s1. The predicted octanol–water partition coefficient (Wildman–Crippen LogP) is 4.30. The largest absolute Gasteiger partial charge is 0.598 e. The summed E-state index contributed by atoms with van der Waals surface area (Å²) < 4.78 is 26.5. The molecule has 0 aliphatic heterocycles. The van der Waals surface area contributed by atoms with Crippen LogP contribution in [-0.2, 0) is 18.0 Å². The molecule has 0 radical (unpaired) electrons. The maximum absolute atomic E-state index is 12.3. The minimum absolute atomic E-state index is 0.351. The number of hydrogen-bond acceptors (Lipinski definition) is 5. The van der Waals surface area contributed by atoms with Crippen LogP contribution in [0, 0.1) is 0 Å². The maximum atomic E-state index is 12.3. The second kappa shape index (κ2) is 8.20. The van der Waals surface area contributed by atoms with E-state index in [-0.39, 0.29) is 0 Å². The van der Waals surface area contributed by atoms with E-state index in [2.05, 4.69) is 32.4 Å². The van der Waals surface area contributed by atoms with E-state index in [1.54, 1.807) is 6.08 Å². The lowest BCUT2D eigenvalue weighted by molar-refractivity contribution is 0.264. The van der Waals surface area contributed by atoms with Crippen LogP contribution in [0.15, 0.2) is 52.0 Å². The first-order valence-corrected chi connectivity index (χ1v) is 9.39. The van der Waals surface area contributed by atoms with Crippen LogP contribution < -0.4 is 9.46 Å². The number of halogens is 1. The zero-order chi connectivity index (χ0) is 17.7. The zero-order valence-corrected chi connectivity index (χ0v) is 16.3. The molecule has 130 valence electrons. The second-order valence-electron chi connectivity index (χ2n) is 6.15. The first kappa shape index (κ1) is 19.1. The van der Waals surface area contributed by atoms with Gasteiger partial charge < -0.3 is 13.8 Å². The fourth-order valence-electron chi connectivity index (χ4n) is 1.79. The Balaban J connectivity index is 2.08. The number of rotatable bonds is 7. The normalized spacial score (nSPS) is 14.2. The zero-order valence-electron chi connectivity index (χ0n) is 13.9. The molecule has 0 amide bonds. The summed E-state index contributed by atoms with van der Waals surface area (Å²) in [5.41, 5.74) is 1.03. The SMILES string of the molecule is C=C[C@H](N[S@@+]([O-])C(C)(C)C)c1onc(OCc2ccccc2)c1Br. The molecular formula is C17H21BrN2O3S. The molecule has 1 aromatic heterocycles. The molecule has 1 N–H and O–H groups in total. The van der Waals surface area contributed by atoms with Gasteiger partial charge in [0.05, 0.1) is 0 Å². The van der Waals surface area contributed by atoms with Crippen molar-refractivity contribution in [2.24, 2.45) is 0 Å². The van der Waals surface area contributed by atoms with Crippen LogP contribution in [0.1, 0.15) is 38.1 Å². The van der Waals surface area contributed by atoms with Crippen molar-refractivity contribution >= 4 is 27.3 Å². The molecule has 2 atom stereocenters. The van der Waals surface area contributed by atoms with E-state index in [4.69, 9.17) is 9.26 Å². The third-order valence-corrected chi connectivity index (χ3v) is 5.47. The molecule has 0 spiro atoms. The monoisotopic (exact) mass is 412 g/mol. The van der Waals surface area contributed by atoms with Crippen LogP contribution in [0.2, 0.25) is 0 Å². The average Bonchev–Trinajstić information content (AvgIpc) is 2.91. The number of ether oxygens (including phenoxy) is 1. The lowest BCUT2D eigenvalue weighted by atomic mass is 10.2. The molecule has 7 heteroatoms. The molecule has 2 aromatic rings. The highest BCUT2D eigenvalue weighted by Crippen LogP contribution is 2.34. The number of aromatic nitrogens is 1. The van der Waals surface area contributed by atoms with Crippen molar-refractivity contribution in [3.63, 3.8) is 0 Å². The van der Waals surface area contributed by atoms with E-state index >= 15 is 0 Å². The van der Waals surface area contributed by atoms with Crippen LogP contribution in [-0.4, -0.2) is 14.5 Å². The molecule has 1 heterocycles. The summed E-state index contributed by atoms with van der Waals surface area (Å²) in [6.07, 6.45) is 1.62. The van der Waals surface area contributed by atoms with Gasteiger partial charge >= 0.3 is 0 Å². The predicted molar refractivity (Wildman–Crippen MR) is 98.9 cm³/mol. The highest BCUT2D eigenvalue weighted by atomic mass is 79.9. The van der Waals surface area contributed by atoms with E-state index in [0.29, 0.717) is 22.7 Å². The van der Waals surface area contributed by atoms with Crippen LogP contribution in [0.25, 0.3) is 0 Å². The number of nitrogens with one attached hydrogen (secondary N) is 1. The Labute approximate surface area is 153 Å². The molecule has 0 aliphatic rings. The average molecular weight is 413 g/mol. The Morgan fingerprint density at radius 2 is 2.08 bits per heavy atom. The van der Waals surface area contributed by atoms with Crippen molar-refractivity contribution in [3.8, 4) is 5.88 Å². The number of nitrogens with zero attached hydrogens (tertiary/aromatic N) is 1. The molecule has 5 nitrogen and oxygen atoms in total. The number of benzene rings is 1. The van der Waals surface area contributed by atoms with Gasteiger partial charge in [0, 0.05) is 11.4 Å². The van der Waals surface area contributed by atoms with E-state index in [1.807, 2.05) is 51.1 Å². The maximum Gasteiger partial charge on any atom is 0.269 e. The fourth-order valence-corrected chi connectivity index (χ4v) is 3.08. The van der Waals surface area contributed by atoms with E-state index in [1.165, 1.54) is 0 Å². The van der Waals surface area contributed by atoms with Gasteiger partial charge in [-0.05, 0) is 47.4 Å². The summed E-state index contributed by atoms with van der Waals surface area (Å²) in [5.74, 6) is 0.828. The number of hydrogen-bond donors (Lipinski definition) is 1. The first-order chi connectivity index (χ1) is 11.3. The van der Waals surface area contributed by atoms with Crippen molar-refractivity contribution in [1.82, 2.24) is 9.88 Å². The van der Waals surface area contributed by atoms with Gasteiger partial charge in [0.1, 0.15) is 21.9 Å². The van der Waals surface area contributed by atoms with Crippen molar-refractivity contribution in [2.45, 2.75) is 38.2 Å². The Bertz CT molecular complexity index is 670. The lowest BCUT2D eigenvalue weighted by Crippen LogP contribution is -2.40. The van der Waals surface area contributed by atoms with E-state index in [9.17, 15) is 4.55 Å². The summed E-state index contributed by atoms with van der Waals surface area (Å²) in [6.45, 7) is 9.82. The van der Waals surface area contributed by atoms with Gasteiger partial charge in [0.2, 0.25) is 0 Å². The van der Waals surface area contributed by atoms with Crippen molar-refractivity contribution < 1.29 is 13.8 Å². The van der Waals surface area contributed by atoms with Gasteiger partial charge in [0.25, 0.3) is 5.88 Å². The molecule has 1 aromatic carbocycles. The van der Waals surface area contributed by atoms with Crippen LogP contribution in [0.4, 0.5) is 0 Å².